The molecular weight excluding hydrogens is 238 g/mol. The first-order valence-corrected chi connectivity index (χ1v) is 6.51. The summed E-state index contributed by atoms with van der Waals surface area (Å²) in [4.78, 5) is 14.2. The number of aryl methyl sites for hydroxylation is 2. The first-order valence-electron chi connectivity index (χ1n) is 6.07. The van der Waals surface area contributed by atoms with Crippen molar-refractivity contribution in [2.75, 3.05) is 13.1 Å². The van der Waals surface area contributed by atoms with Crippen LogP contribution in [0.25, 0.3) is 0 Å². The Bertz CT molecular complexity index is 408. The van der Waals surface area contributed by atoms with Gasteiger partial charge in [0.15, 0.2) is 0 Å². The lowest BCUT2D eigenvalue weighted by Gasteiger charge is -2.29. The molecule has 0 N–H and O–H groups in total. The van der Waals surface area contributed by atoms with Crippen LogP contribution in [0.5, 0.6) is 0 Å². The Morgan fingerprint density at radius 1 is 1.53 bits per heavy atom. The fraction of sp³-hybridized carbons (Fsp3) is 0.667. The highest BCUT2D eigenvalue weighted by atomic mass is 35.5. The van der Waals surface area contributed by atoms with Crippen LogP contribution in [-0.2, 0) is 13.5 Å². The van der Waals surface area contributed by atoms with E-state index < -0.39 is 0 Å². The summed E-state index contributed by atoms with van der Waals surface area (Å²) in [6.07, 6.45) is 4.37. The predicted octanol–water partition coefficient (Wildman–Crippen LogP) is 1.83. The lowest BCUT2D eigenvalue weighted by Crippen LogP contribution is -2.39. The number of nitrogens with zero attached hydrogens (tertiary/aromatic N) is 3. The first kappa shape index (κ1) is 12.4. The molecule has 1 aliphatic heterocycles. The average molecular weight is 256 g/mol. The molecule has 5 heteroatoms. The van der Waals surface area contributed by atoms with Gasteiger partial charge in [-0.1, -0.05) is 6.92 Å². The summed E-state index contributed by atoms with van der Waals surface area (Å²) >= 11 is 6.04. The highest BCUT2D eigenvalue weighted by Crippen LogP contribution is 2.19. The number of rotatable bonds is 2. The van der Waals surface area contributed by atoms with E-state index >= 15 is 0 Å². The minimum absolute atomic E-state index is 0.0958. The van der Waals surface area contributed by atoms with Gasteiger partial charge in [0.05, 0.1) is 11.3 Å². The van der Waals surface area contributed by atoms with Gasteiger partial charge in [0.25, 0.3) is 5.91 Å². The average Bonchev–Trinajstić information content (AvgIpc) is 2.70. The van der Waals surface area contributed by atoms with Crippen molar-refractivity contribution in [3.63, 3.8) is 0 Å². The molecule has 0 saturated carbocycles. The minimum Gasteiger partial charge on any atom is -0.338 e. The molecule has 1 aliphatic rings. The van der Waals surface area contributed by atoms with E-state index in [1.165, 1.54) is 0 Å². The topological polar surface area (TPSA) is 38.1 Å². The SMILES string of the molecule is CCc1nn(C)cc1C(=O)N1CCC(Cl)CC1. The van der Waals surface area contributed by atoms with Gasteiger partial charge >= 0.3 is 0 Å². The van der Waals surface area contributed by atoms with Crippen LogP contribution in [0.4, 0.5) is 0 Å². The zero-order chi connectivity index (χ0) is 12.4. The molecule has 0 bridgehead atoms. The number of likely N-dealkylation sites (tertiary alicyclic amines) is 1. The molecule has 94 valence electrons. The van der Waals surface area contributed by atoms with Crippen molar-refractivity contribution >= 4 is 17.5 Å². The number of piperidine rings is 1. The van der Waals surface area contributed by atoms with E-state index in [0.29, 0.717) is 0 Å². The lowest BCUT2D eigenvalue weighted by molar-refractivity contribution is 0.0725. The van der Waals surface area contributed by atoms with E-state index in [4.69, 9.17) is 11.6 Å². The number of carbonyl (C=O) groups excluding carboxylic acids is 1. The molecule has 2 heterocycles. The minimum atomic E-state index is 0.0958. The van der Waals surface area contributed by atoms with Gasteiger partial charge in [0.1, 0.15) is 0 Å². The van der Waals surface area contributed by atoms with Crippen LogP contribution in [0.1, 0.15) is 35.8 Å². The molecule has 1 aromatic rings. The number of amides is 1. The molecule has 17 heavy (non-hydrogen) atoms. The van der Waals surface area contributed by atoms with Gasteiger partial charge in [-0.15, -0.1) is 11.6 Å². The van der Waals surface area contributed by atoms with E-state index in [-0.39, 0.29) is 11.3 Å². The summed E-state index contributed by atoms with van der Waals surface area (Å²) in [5, 5.41) is 4.52. The van der Waals surface area contributed by atoms with Crippen molar-refractivity contribution < 1.29 is 4.79 Å². The fourth-order valence-electron chi connectivity index (χ4n) is 2.20. The Morgan fingerprint density at radius 3 is 2.76 bits per heavy atom. The first-order chi connectivity index (χ1) is 8.11. The maximum absolute atomic E-state index is 12.3. The number of aromatic nitrogens is 2. The molecule has 0 radical (unpaired) electrons. The number of hydrogen-bond donors (Lipinski definition) is 0. The maximum Gasteiger partial charge on any atom is 0.257 e. The molecule has 1 aromatic heterocycles. The third-order valence-electron chi connectivity index (χ3n) is 3.18. The molecule has 1 saturated heterocycles. The van der Waals surface area contributed by atoms with E-state index in [0.717, 1.165) is 43.6 Å². The fourth-order valence-corrected chi connectivity index (χ4v) is 2.39. The van der Waals surface area contributed by atoms with Crippen molar-refractivity contribution in [2.24, 2.45) is 7.05 Å². The molecule has 0 aromatic carbocycles. The molecule has 4 nitrogen and oxygen atoms in total. The second-order valence-corrected chi connectivity index (χ2v) is 5.10. The second kappa shape index (κ2) is 5.08. The van der Waals surface area contributed by atoms with E-state index in [1.807, 2.05) is 25.1 Å². The van der Waals surface area contributed by atoms with E-state index in [1.54, 1.807) is 4.68 Å². The Morgan fingerprint density at radius 2 is 2.18 bits per heavy atom. The molecule has 0 unspecified atom stereocenters. The second-order valence-electron chi connectivity index (χ2n) is 4.48. The quantitative estimate of drug-likeness (QED) is 0.757. The smallest absolute Gasteiger partial charge is 0.257 e. The zero-order valence-electron chi connectivity index (χ0n) is 10.3. The zero-order valence-corrected chi connectivity index (χ0v) is 11.1. The van der Waals surface area contributed by atoms with Gasteiger partial charge in [-0.3, -0.25) is 9.48 Å². The third-order valence-corrected chi connectivity index (χ3v) is 3.62. The van der Waals surface area contributed by atoms with Gasteiger partial charge in [-0.25, -0.2) is 0 Å². The molecule has 0 aliphatic carbocycles. The highest BCUT2D eigenvalue weighted by Gasteiger charge is 2.25. The molecule has 1 fully saturated rings. The standard InChI is InChI=1S/C12H18ClN3O/c1-3-11-10(8-15(2)14-11)12(17)16-6-4-9(13)5-7-16/h8-9H,3-7H2,1-2H3. The Balaban J connectivity index is 2.13. The van der Waals surface area contributed by atoms with Crippen LogP contribution in [0.15, 0.2) is 6.20 Å². The third kappa shape index (κ3) is 2.63. The monoisotopic (exact) mass is 255 g/mol. The van der Waals surface area contributed by atoms with Crippen LogP contribution >= 0.6 is 11.6 Å². The summed E-state index contributed by atoms with van der Waals surface area (Å²) in [5.74, 6) is 0.0958. The molecule has 2 rings (SSSR count). The van der Waals surface area contributed by atoms with Gasteiger partial charge < -0.3 is 4.90 Å². The summed E-state index contributed by atoms with van der Waals surface area (Å²) in [6, 6.07) is 0. The van der Waals surface area contributed by atoms with Crippen molar-refractivity contribution in [1.82, 2.24) is 14.7 Å². The van der Waals surface area contributed by atoms with Crippen LogP contribution in [0.2, 0.25) is 0 Å². The van der Waals surface area contributed by atoms with Crippen LogP contribution < -0.4 is 0 Å². The van der Waals surface area contributed by atoms with Gasteiger partial charge in [-0.2, -0.15) is 5.10 Å². The lowest BCUT2D eigenvalue weighted by atomic mass is 10.1. The highest BCUT2D eigenvalue weighted by molar-refractivity contribution is 6.20. The van der Waals surface area contributed by atoms with Crippen molar-refractivity contribution in [1.29, 1.82) is 0 Å². The molecular formula is C12H18ClN3O. The number of carbonyl (C=O) groups is 1. The molecule has 0 atom stereocenters. The van der Waals surface area contributed by atoms with Gasteiger partial charge in [-0.05, 0) is 19.3 Å². The maximum atomic E-state index is 12.3. The van der Waals surface area contributed by atoms with Gasteiger partial charge in [0.2, 0.25) is 0 Å². The largest absolute Gasteiger partial charge is 0.338 e. The Labute approximate surface area is 107 Å². The molecule has 1 amide bonds. The van der Waals surface area contributed by atoms with Crippen molar-refractivity contribution in [3.8, 4) is 0 Å². The number of hydrogen-bond acceptors (Lipinski definition) is 2. The van der Waals surface area contributed by atoms with Gasteiger partial charge in [0, 0.05) is 31.7 Å². The Kier molecular flexibility index (Phi) is 3.72. The molecule has 0 spiro atoms. The van der Waals surface area contributed by atoms with Crippen LogP contribution in [0.3, 0.4) is 0 Å². The summed E-state index contributed by atoms with van der Waals surface area (Å²) < 4.78 is 1.71. The normalized spacial score (nSPS) is 17.5. The Hall–Kier alpha value is -1.03. The predicted molar refractivity (Wildman–Crippen MR) is 67.4 cm³/mol. The van der Waals surface area contributed by atoms with Crippen molar-refractivity contribution in [3.05, 3.63) is 17.5 Å². The van der Waals surface area contributed by atoms with E-state index in [2.05, 4.69) is 5.10 Å². The number of halogens is 1. The summed E-state index contributed by atoms with van der Waals surface area (Å²) in [7, 11) is 1.85. The van der Waals surface area contributed by atoms with Crippen molar-refractivity contribution in [2.45, 2.75) is 31.6 Å². The van der Waals surface area contributed by atoms with E-state index in [9.17, 15) is 4.79 Å². The number of alkyl halides is 1. The summed E-state index contributed by atoms with van der Waals surface area (Å²) in [6.45, 7) is 3.53. The van der Waals surface area contributed by atoms with Crippen LogP contribution in [0, 0.1) is 0 Å². The summed E-state index contributed by atoms with van der Waals surface area (Å²) in [5.41, 5.74) is 1.62. The van der Waals surface area contributed by atoms with Crippen LogP contribution in [-0.4, -0.2) is 39.1 Å².